The van der Waals surface area contributed by atoms with Crippen LogP contribution in [0.4, 0.5) is 4.39 Å². The number of nitrogens with zero attached hydrogens (tertiary/aromatic N) is 2. The standard InChI is InChI=1S/C30H28FIN4O5/c1-17-26(23-12-9-20(32)14-24(23)31)34-28(33-17)25(13-18-5-3-2-4-6-18)36-29(39)27(35-30(36)40)19-7-10-22(11-8-19)41-16-21(38)15-37/h2-12,14,21,25,37-39H,13,15-16H2,1H3,(H,33,34)(H,35,40)/t21-,25+/m1/s1. The molecule has 0 fully saturated rings. The topological polar surface area (TPSA) is 136 Å². The number of H-pyrrole nitrogens is 2. The van der Waals surface area contributed by atoms with Crippen molar-refractivity contribution in [3.8, 4) is 34.1 Å². The predicted octanol–water partition coefficient (Wildman–Crippen LogP) is 4.56. The maximum atomic E-state index is 14.9. The Balaban J connectivity index is 1.54. The lowest BCUT2D eigenvalue weighted by atomic mass is 10.0. The molecule has 2 aromatic heterocycles. The first-order valence-corrected chi connectivity index (χ1v) is 13.9. The Morgan fingerprint density at radius 1 is 1.07 bits per heavy atom. The third kappa shape index (κ3) is 6.21. The van der Waals surface area contributed by atoms with Gasteiger partial charge in [0.05, 0.1) is 12.3 Å². The molecule has 0 amide bonds. The van der Waals surface area contributed by atoms with E-state index in [4.69, 9.17) is 14.8 Å². The number of hydrogen-bond donors (Lipinski definition) is 5. The van der Waals surface area contributed by atoms with E-state index in [1.165, 1.54) is 10.6 Å². The van der Waals surface area contributed by atoms with Crippen LogP contribution in [0.25, 0.3) is 22.5 Å². The molecule has 0 bridgehead atoms. The molecule has 3 aromatic carbocycles. The Kier molecular flexibility index (Phi) is 8.57. The zero-order chi connectivity index (χ0) is 29.1. The monoisotopic (exact) mass is 670 g/mol. The number of aryl methyl sites for hydroxylation is 1. The molecule has 5 N–H and O–H groups in total. The van der Waals surface area contributed by atoms with Crippen LogP contribution in [0.1, 0.15) is 23.1 Å². The summed E-state index contributed by atoms with van der Waals surface area (Å²) >= 11 is 2.05. The van der Waals surface area contributed by atoms with E-state index in [0.717, 1.165) is 9.13 Å². The van der Waals surface area contributed by atoms with E-state index in [2.05, 4.69) is 9.97 Å². The Morgan fingerprint density at radius 2 is 1.80 bits per heavy atom. The summed E-state index contributed by atoms with van der Waals surface area (Å²) in [6.45, 7) is 1.30. The van der Waals surface area contributed by atoms with E-state index < -0.39 is 30.3 Å². The van der Waals surface area contributed by atoms with Crippen LogP contribution in [0.15, 0.2) is 77.6 Å². The van der Waals surface area contributed by atoms with Crippen LogP contribution in [0, 0.1) is 16.3 Å². The van der Waals surface area contributed by atoms with Crippen molar-refractivity contribution in [3.63, 3.8) is 0 Å². The number of nitrogens with one attached hydrogen (secondary N) is 2. The summed E-state index contributed by atoms with van der Waals surface area (Å²) in [4.78, 5) is 24.0. The molecule has 0 saturated carbocycles. The van der Waals surface area contributed by atoms with E-state index >= 15 is 0 Å². The Labute approximate surface area is 248 Å². The van der Waals surface area contributed by atoms with Gasteiger partial charge >= 0.3 is 5.69 Å². The largest absolute Gasteiger partial charge is 0.493 e. The van der Waals surface area contributed by atoms with Crippen molar-refractivity contribution >= 4 is 22.6 Å². The third-order valence-electron chi connectivity index (χ3n) is 6.69. The Hall–Kier alpha value is -3.94. The fourth-order valence-corrected chi connectivity index (χ4v) is 5.08. The number of aliphatic hydroxyl groups is 2. The number of ether oxygens (including phenoxy) is 1. The van der Waals surface area contributed by atoms with Gasteiger partial charge in [-0.2, -0.15) is 0 Å². The lowest BCUT2D eigenvalue weighted by Gasteiger charge is -2.17. The zero-order valence-electron chi connectivity index (χ0n) is 22.0. The van der Waals surface area contributed by atoms with Gasteiger partial charge < -0.3 is 30.0 Å². The van der Waals surface area contributed by atoms with Crippen LogP contribution in [-0.4, -0.2) is 54.2 Å². The molecule has 2 heterocycles. The van der Waals surface area contributed by atoms with Crippen molar-refractivity contribution in [2.45, 2.75) is 25.5 Å². The van der Waals surface area contributed by atoms with Crippen molar-refractivity contribution in [2.24, 2.45) is 0 Å². The molecule has 5 aromatic rings. The first kappa shape index (κ1) is 28.6. The Morgan fingerprint density at radius 3 is 2.49 bits per heavy atom. The molecule has 11 heteroatoms. The minimum atomic E-state index is -1.00. The molecule has 9 nitrogen and oxygen atoms in total. The molecule has 0 aliphatic heterocycles. The normalized spacial score (nSPS) is 12.8. The highest BCUT2D eigenvalue weighted by molar-refractivity contribution is 14.1. The predicted molar refractivity (Wildman–Crippen MR) is 160 cm³/mol. The van der Waals surface area contributed by atoms with Gasteiger partial charge in [-0.25, -0.2) is 14.2 Å². The average molecular weight is 670 g/mol. The van der Waals surface area contributed by atoms with E-state index in [9.17, 15) is 19.4 Å². The molecule has 0 aliphatic carbocycles. The maximum Gasteiger partial charge on any atom is 0.329 e. The van der Waals surface area contributed by atoms with E-state index in [1.54, 1.807) is 43.3 Å². The maximum absolute atomic E-state index is 14.9. The molecule has 212 valence electrons. The van der Waals surface area contributed by atoms with E-state index in [1.807, 2.05) is 52.9 Å². The van der Waals surface area contributed by atoms with Crippen molar-refractivity contribution in [1.29, 1.82) is 0 Å². The van der Waals surface area contributed by atoms with Gasteiger partial charge in [0.25, 0.3) is 0 Å². The molecule has 0 saturated heterocycles. The minimum Gasteiger partial charge on any atom is -0.493 e. The smallest absolute Gasteiger partial charge is 0.329 e. The van der Waals surface area contributed by atoms with Gasteiger partial charge in [0.2, 0.25) is 5.88 Å². The summed E-state index contributed by atoms with van der Waals surface area (Å²) < 4.78 is 22.3. The first-order chi connectivity index (χ1) is 19.7. The van der Waals surface area contributed by atoms with Crippen molar-refractivity contribution in [2.75, 3.05) is 13.2 Å². The van der Waals surface area contributed by atoms with Gasteiger partial charge in [-0.3, -0.25) is 4.57 Å². The fourth-order valence-electron chi connectivity index (χ4n) is 4.63. The van der Waals surface area contributed by atoms with Crippen LogP contribution >= 0.6 is 22.6 Å². The summed E-state index contributed by atoms with van der Waals surface area (Å²) in [5, 5.41) is 29.8. The Bertz CT molecular complexity index is 1700. The second kappa shape index (κ2) is 12.3. The van der Waals surface area contributed by atoms with Gasteiger partial charge in [-0.1, -0.05) is 30.3 Å². The number of aromatic amines is 2. The number of aromatic hydroxyl groups is 1. The van der Waals surface area contributed by atoms with Crippen molar-refractivity contribution in [1.82, 2.24) is 19.5 Å². The van der Waals surface area contributed by atoms with Crippen LogP contribution in [0.3, 0.4) is 0 Å². The minimum absolute atomic E-state index is 0.0772. The molecule has 41 heavy (non-hydrogen) atoms. The molecule has 0 radical (unpaired) electrons. The van der Waals surface area contributed by atoms with Crippen LogP contribution in [0.2, 0.25) is 0 Å². The van der Waals surface area contributed by atoms with Crippen LogP contribution in [-0.2, 0) is 6.42 Å². The highest BCUT2D eigenvalue weighted by atomic mass is 127. The second-order valence-corrected chi connectivity index (χ2v) is 10.8. The number of rotatable bonds is 10. The SMILES string of the molecule is Cc1[nH]c([C@H](Cc2ccccc2)n2c(O)c(-c3ccc(OC[C@H](O)CO)cc3)[nH]c2=O)nc1-c1ccc(I)cc1F. The molecular formula is C30H28FIN4O5. The summed E-state index contributed by atoms with van der Waals surface area (Å²) in [7, 11) is 0. The number of imidazole rings is 2. The second-order valence-electron chi connectivity index (χ2n) is 9.60. The number of hydrogen-bond acceptors (Lipinski definition) is 6. The first-order valence-electron chi connectivity index (χ1n) is 12.9. The number of halogens is 2. The zero-order valence-corrected chi connectivity index (χ0v) is 24.2. The van der Waals surface area contributed by atoms with Gasteiger partial charge in [-0.05, 0) is 77.5 Å². The molecular weight excluding hydrogens is 642 g/mol. The molecule has 0 aliphatic rings. The summed E-state index contributed by atoms with van der Waals surface area (Å²) in [5.74, 6) is 0.163. The molecule has 0 spiro atoms. The lowest BCUT2D eigenvalue weighted by molar-refractivity contribution is 0.0536. The number of aliphatic hydroxyl groups excluding tert-OH is 2. The quantitative estimate of drug-likeness (QED) is 0.138. The molecule has 2 atom stereocenters. The lowest BCUT2D eigenvalue weighted by Crippen LogP contribution is -2.25. The van der Waals surface area contributed by atoms with Gasteiger partial charge in [0, 0.05) is 26.8 Å². The summed E-state index contributed by atoms with van der Waals surface area (Å²) in [5.41, 5.74) is 2.51. The van der Waals surface area contributed by atoms with Gasteiger partial charge in [0.1, 0.15) is 41.8 Å². The molecule has 5 rings (SSSR count). The fraction of sp³-hybridized carbons (Fsp3) is 0.200. The highest BCUT2D eigenvalue weighted by Crippen LogP contribution is 2.34. The van der Waals surface area contributed by atoms with Gasteiger partial charge in [0.15, 0.2) is 0 Å². The van der Waals surface area contributed by atoms with Crippen molar-refractivity contribution < 1.29 is 24.4 Å². The molecule has 0 unspecified atom stereocenters. The van der Waals surface area contributed by atoms with Gasteiger partial charge in [-0.15, -0.1) is 0 Å². The van der Waals surface area contributed by atoms with Crippen LogP contribution < -0.4 is 10.4 Å². The average Bonchev–Trinajstić information content (AvgIpc) is 3.49. The number of benzene rings is 3. The summed E-state index contributed by atoms with van der Waals surface area (Å²) in [6.07, 6.45) is -0.675. The van der Waals surface area contributed by atoms with E-state index in [-0.39, 0.29) is 18.2 Å². The third-order valence-corrected chi connectivity index (χ3v) is 7.36. The number of aromatic nitrogens is 4. The van der Waals surface area contributed by atoms with Crippen LogP contribution in [0.5, 0.6) is 11.6 Å². The van der Waals surface area contributed by atoms with E-state index in [0.29, 0.717) is 40.5 Å². The highest BCUT2D eigenvalue weighted by Gasteiger charge is 2.27. The summed E-state index contributed by atoms with van der Waals surface area (Å²) in [6, 6.07) is 20.3. The van der Waals surface area contributed by atoms with Crippen molar-refractivity contribution in [3.05, 3.63) is 110 Å².